The van der Waals surface area contributed by atoms with Gasteiger partial charge in [0.15, 0.2) is 0 Å². The SMILES string of the molecule is O=C(N/N=C\c1cccs1)[C@H]1C[C@@H]2CC[C@@H]1C2. The minimum atomic E-state index is 0.116. The van der Waals surface area contributed by atoms with Gasteiger partial charge in [0.1, 0.15) is 0 Å². The third-order valence-electron chi connectivity index (χ3n) is 3.98. The number of amides is 1. The molecule has 2 bridgehead atoms. The quantitative estimate of drug-likeness (QED) is 0.648. The summed E-state index contributed by atoms with van der Waals surface area (Å²) in [4.78, 5) is 13.0. The molecule has 4 heteroatoms. The zero-order valence-corrected chi connectivity index (χ0v) is 10.5. The summed E-state index contributed by atoms with van der Waals surface area (Å²) in [6, 6.07) is 3.96. The number of hydrogen-bond acceptors (Lipinski definition) is 3. The van der Waals surface area contributed by atoms with Gasteiger partial charge in [-0.25, -0.2) is 5.43 Å². The molecule has 0 aliphatic heterocycles. The van der Waals surface area contributed by atoms with E-state index in [2.05, 4.69) is 10.5 Å². The predicted octanol–water partition coefficient (Wildman–Crippen LogP) is 2.63. The van der Waals surface area contributed by atoms with Crippen LogP contribution in [-0.4, -0.2) is 12.1 Å². The second kappa shape index (κ2) is 4.61. The first kappa shape index (κ1) is 11.0. The molecular weight excluding hydrogens is 232 g/mol. The van der Waals surface area contributed by atoms with Gasteiger partial charge in [-0.2, -0.15) is 5.10 Å². The molecule has 0 saturated heterocycles. The number of hydrogen-bond donors (Lipinski definition) is 1. The Kier molecular flexibility index (Phi) is 2.97. The molecule has 2 aliphatic rings. The van der Waals surface area contributed by atoms with E-state index in [1.54, 1.807) is 17.6 Å². The van der Waals surface area contributed by atoms with Crippen molar-refractivity contribution in [1.29, 1.82) is 0 Å². The molecule has 0 radical (unpaired) electrons. The number of hydrazone groups is 1. The molecule has 2 aliphatic carbocycles. The highest BCUT2D eigenvalue weighted by molar-refractivity contribution is 7.11. The van der Waals surface area contributed by atoms with E-state index < -0.39 is 0 Å². The van der Waals surface area contributed by atoms with Gasteiger partial charge in [-0.1, -0.05) is 12.5 Å². The van der Waals surface area contributed by atoms with E-state index in [1.807, 2.05) is 17.5 Å². The molecule has 90 valence electrons. The highest BCUT2D eigenvalue weighted by Crippen LogP contribution is 2.48. The topological polar surface area (TPSA) is 41.5 Å². The molecule has 1 heterocycles. The van der Waals surface area contributed by atoms with Gasteiger partial charge in [0.25, 0.3) is 0 Å². The van der Waals surface area contributed by atoms with Crippen LogP contribution in [0.2, 0.25) is 0 Å². The number of thiophene rings is 1. The van der Waals surface area contributed by atoms with Crippen LogP contribution >= 0.6 is 11.3 Å². The Balaban J connectivity index is 1.54. The van der Waals surface area contributed by atoms with Crippen molar-refractivity contribution in [2.75, 3.05) is 0 Å². The fraction of sp³-hybridized carbons (Fsp3) is 0.538. The lowest BCUT2D eigenvalue weighted by Crippen LogP contribution is -2.30. The summed E-state index contributed by atoms with van der Waals surface area (Å²) >= 11 is 1.62. The number of rotatable bonds is 3. The van der Waals surface area contributed by atoms with Crippen LogP contribution in [0.1, 0.15) is 30.6 Å². The van der Waals surface area contributed by atoms with Crippen molar-refractivity contribution in [1.82, 2.24) is 5.43 Å². The standard InChI is InChI=1S/C13H16N2OS/c16-13(12-7-9-3-4-10(12)6-9)15-14-8-11-2-1-5-17-11/h1-2,5,8-10,12H,3-4,6-7H2,(H,15,16)/b14-8-/t9-,10-,12+/m1/s1. The molecule has 2 fully saturated rings. The summed E-state index contributed by atoms with van der Waals surface area (Å²) < 4.78 is 0. The van der Waals surface area contributed by atoms with Crippen LogP contribution in [0.5, 0.6) is 0 Å². The Bertz CT molecular complexity index is 427. The fourth-order valence-corrected chi connectivity index (χ4v) is 3.76. The number of fused-ring (bicyclic) bond motifs is 2. The number of nitrogens with one attached hydrogen (secondary N) is 1. The van der Waals surface area contributed by atoms with E-state index in [0.29, 0.717) is 5.92 Å². The van der Waals surface area contributed by atoms with E-state index in [1.165, 1.54) is 19.3 Å². The van der Waals surface area contributed by atoms with Crippen LogP contribution in [0, 0.1) is 17.8 Å². The van der Waals surface area contributed by atoms with E-state index in [9.17, 15) is 4.79 Å². The van der Waals surface area contributed by atoms with Crippen LogP contribution in [0.3, 0.4) is 0 Å². The van der Waals surface area contributed by atoms with Gasteiger partial charge in [-0.05, 0) is 42.5 Å². The van der Waals surface area contributed by atoms with E-state index in [0.717, 1.165) is 17.2 Å². The van der Waals surface area contributed by atoms with E-state index >= 15 is 0 Å². The Labute approximate surface area is 105 Å². The first-order valence-electron chi connectivity index (χ1n) is 6.19. The van der Waals surface area contributed by atoms with E-state index in [4.69, 9.17) is 0 Å². The molecule has 17 heavy (non-hydrogen) atoms. The molecule has 1 aromatic rings. The van der Waals surface area contributed by atoms with Crippen molar-refractivity contribution in [2.24, 2.45) is 22.9 Å². The van der Waals surface area contributed by atoms with Gasteiger partial charge in [-0.3, -0.25) is 4.79 Å². The normalized spacial score (nSPS) is 31.2. The summed E-state index contributed by atoms with van der Waals surface area (Å²) in [5.41, 5.74) is 2.68. The molecule has 1 N–H and O–H groups in total. The highest BCUT2D eigenvalue weighted by atomic mass is 32.1. The highest BCUT2D eigenvalue weighted by Gasteiger charge is 2.42. The van der Waals surface area contributed by atoms with Gasteiger partial charge in [-0.15, -0.1) is 11.3 Å². The Morgan fingerprint density at radius 1 is 1.47 bits per heavy atom. The van der Waals surface area contributed by atoms with Crippen molar-refractivity contribution in [3.8, 4) is 0 Å². The monoisotopic (exact) mass is 248 g/mol. The maximum atomic E-state index is 11.9. The smallest absolute Gasteiger partial charge is 0.243 e. The molecule has 3 nitrogen and oxygen atoms in total. The van der Waals surface area contributed by atoms with Gasteiger partial charge < -0.3 is 0 Å². The zero-order valence-electron chi connectivity index (χ0n) is 9.63. The van der Waals surface area contributed by atoms with Crippen LogP contribution < -0.4 is 5.43 Å². The van der Waals surface area contributed by atoms with Crippen LogP contribution in [-0.2, 0) is 4.79 Å². The Morgan fingerprint density at radius 2 is 2.41 bits per heavy atom. The Hall–Kier alpha value is -1.16. The summed E-state index contributed by atoms with van der Waals surface area (Å²) in [6.45, 7) is 0. The summed E-state index contributed by atoms with van der Waals surface area (Å²) in [5, 5.41) is 6.03. The minimum Gasteiger partial charge on any atom is -0.273 e. The summed E-state index contributed by atoms with van der Waals surface area (Å²) in [7, 11) is 0. The van der Waals surface area contributed by atoms with Gasteiger partial charge in [0, 0.05) is 10.8 Å². The largest absolute Gasteiger partial charge is 0.273 e. The molecular formula is C13H16N2OS. The van der Waals surface area contributed by atoms with E-state index in [-0.39, 0.29) is 11.8 Å². The Morgan fingerprint density at radius 3 is 3.06 bits per heavy atom. The van der Waals surface area contributed by atoms with Crippen LogP contribution in [0.25, 0.3) is 0 Å². The van der Waals surface area contributed by atoms with Gasteiger partial charge >= 0.3 is 0 Å². The average Bonchev–Trinajstić information content (AvgIpc) is 3.05. The third-order valence-corrected chi connectivity index (χ3v) is 4.79. The van der Waals surface area contributed by atoms with Gasteiger partial charge in [0.05, 0.1) is 6.21 Å². The first-order chi connectivity index (χ1) is 8.33. The molecule has 0 aromatic carbocycles. The molecule has 1 aromatic heterocycles. The second-order valence-corrected chi connectivity index (χ2v) is 6.01. The van der Waals surface area contributed by atoms with Crippen molar-refractivity contribution in [3.63, 3.8) is 0 Å². The molecule has 3 rings (SSSR count). The number of nitrogens with zero attached hydrogens (tertiary/aromatic N) is 1. The minimum absolute atomic E-state index is 0.116. The first-order valence-corrected chi connectivity index (χ1v) is 7.07. The van der Waals surface area contributed by atoms with Crippen molar-refractivity contribution in [3.05, 3.63) is 22.4 Å². The molecule has 0 spiro atoms. The van der Waals surface area contributed by atoms with Crippen molar-refractivity contribution >= 4 is 23.5 Å². The van der Waals surface area contributed by atoms with Crippen LogP contribution in [0.4, 0.5) is 0 Å². The number of carbonyl (C=O) groups excluding carboxylic acids is 1. The predicted molar refractivity (Wildman–Crippen MR) is 69.0 cm³/mol. The second-order valence-electron chi connectivity index (χ2n) is 5.03. The maximum absolute atomic E-state index is 11.9. The summed E-state index contributed by atoms with van der Waals surface area (Å²) in [5.74, 6) is 1.76. The molecule has 2 saturated carbocycles. The van der Waals surface area contributed by atoms with Crippen molar-refractivity contribution < 1.29 is 4.79 Å². The lowest BCUT2D eigenvalue weighted by Gasteiger charge is -2.19. The number of carbonyl (C=O) groups is 1. The summed E-state index contributed by atoms with van der Waals surface area (Å²) in [6.07, 6.45) is 6.61. The van der Waals surface area contributed by atoms with Gasteiger partial charge in [0.2, 0.25) is 5.91 Å². The third kappa shape index (κ3) is 2.27. The van der Waals surface area contributed by atoms with Crippen LogP contribution in [0.15, 0.2) is 22.6 Å². The van der Waals surface area contributed by atoms with Crippen molar-refractivity contribution in [2.45, 2.75) is 25.7 Å². The lowest BCUT2D eigenvalue weighted by molar-refractivity contribution is -0.126. The fourth-order valence-electron chi connectivity index (χ4n) is 3.17. The lowest BCUT2D eigenvalue weighted by atomic mass is 9.88. The molecule has 1 amide bonds. The molecule has 3 atom stereocenters. The maximum Gasteiger partial charge on any atom is 0.243 e. The average molecular weight is 248 g/mol. The zero-order chi connectivity index (χ0) is 11.7. The molecule has 0 unspecified atom stereocenters.